The second-order valence-corrected chi connectivity index (χ2v) is 8.48. The molecule has 0 atom stereocenters. The molecular weight excluding hydrogens is 424 g/mol. The number of para-hydroxylation sites is 2. The van der Waals surface area contributed by atoms with Gasteiger partial charge in [-0.3, -0.25) is 23.5 Å². The summed E-state index contributed by atoms with van der Waals surface area (Å²) in [4.78, 5) is 53.2. The average Bonchev–Trinajstić information content (AvgIpc) is 3.08. The number of benzene rings is 1. The van der Waals surface area contributed by atoms with Gasteiger partial charge in [0.2, 0.25) is 11.8 Å². The molecule has 1 fully saturated rings. The van der Waals surface area contributed by atoms with Gasteiger partial charge >= 0.3 is 11.7 Å². The third-order valence-electron chi connectivity index (χ3n) is 6.19. The highest BCUT2D eigenvalue weighted by atomic mass is 16.5. The van der Waals surface area contributed by atoms with Crippen LogP contribution in [0.3, 0.4) is 0 Å². The van der Waals surface area contributed by atoms with E-state index >= 15 is 0 Å². The predicted octanol–water partition coefficient (Wildman–Crippen LogP) is 1.86. The summed E-state index contributed by atoms with van der Waals surface area (Å²) in [6.45, 7) is 6.00. The largest absolute Gasteiger partial charge is 0.466 e. The molecule has 1 aromatic carbocycles. The van der Waals surface area contributed by atoms with Crippen molar-refractivity contribution in [2.45, 2.75) is 52.6 Å². The fourth-order valence-electron chi connectivity index (χ4n) is 4.34. The lowest BCUT2D eigenvalue weighted by Crippen LogP contribution is -2.45. The summed E-state index contributed by atoms with van der Waals surface area (Å²) in [6.07, 6.45) is 2.13. The quantitative estimate of drug-likeness (QED) is 0.535. The zero-order valence-corrected chi connectivity index (χ0v) is 19.8. The molecule has 9 nitrogen and oxygen atoms in total. The highest BCUT2D eigenvalue weighted by Gasteiger charge is 2.29. The number of nitrogens with zero attached hydrogens (tertiary/aromatic N) is 4. The molecule has 0 unspecified atom stereocenters. The Morgan fingerprint density at radius 3 is 2.21 bits per heavy atom. The van der Waals surface area contributed by atoms with E-state index in [1.807, 2.05) is 31.2 Å². The molecule has 0 N–H and O–H groups in total. The Morgan fingerprint density at radius 1 is 1.03 bits per heavy atom. The highest BCUT2D eigenvalue weighted by Crippen LogP contribution is 2.19. The molecule has 33 heavy (non-hydrogen) atoms. The molecule has 0 saturated carbocycles. The smallest absolute Gasteiger partial charge is 0.329 e. The molecule has 2 aromatic rings. The minimum atomic E-state index is -0.201. The standard InChI is InChI=1S/C24H34N4O5/c1-4-13-27-19-8-6-7-9-20(19)28(24(27)32)16-12-21(29)25(3)17-22(30)26-14-10-18(11-15-26)23(31)33-5-2/h6-9,18H,4-5,10-17H2,1-3H3. The normalized spacial score (nSPS) is 14.5. The van der Waals surface area contributed by atoms with Crippen LogP contribution < -0.4 is 5.69 Å². The Balaban J connectivity index is 1.55. The van der Waals surface area contributed by atoms with Crippen LogP contribution >= 0.6 is 0 Å². The lowest BCUT2D eigenvalue weighted by atomic mass is 9.97. The summed E-state index contributed by atoms with van der Waals surface area (Å²) >= 11 is 0. The SMILES string of the molecule is CCCn1c(=O)n(CCC(=O)N(C)CC(=O)N2CCC(C(=O)OCC)CC2)c2ccccc21. The van der Waals surface area contributed by atoms with Gasteiger partial charge in [0.25, 0.3) is 0 Å². The first-order valence-electron chi connectivity index (χ1n) is 11.7. The molecule has 1 aromatic heterocycles. The number of rotatable bonds is 9. The molecule has 1 aliphatic rings. The number of aromatic nitrogens is 2. The highest BCUT2D eigenvalue weighted by molar-refractivity contribution is 5.85. The summed E-state index contributed by atoms with van der Waals surface area (Å²) < 4.78 is 8.45. The molecule has 1 aliphatic heterocycles. The lowest BCUT2D eigenvalue weighted by molar-refractivity contribution is -0.151. The van der Waals surface area contributed by atoms with Crippen molar-refractivity contribution in [2.24, 2.45) is 5.92 Å². The number of hydrogen-bond donors (Lipinski definition) is 0. The second kappa shape index (κ2) is 11.2. The van der Waals surface area contributed by atoms with Crippen molar-refractivity contribution in [1.29, 1.82) is 0 Å². The number of fused-ring (bicyclic) bond motifs is 1. The summed E-state index contributed by atoms with van der Waals surface area (Å²) in [5, 5.41) is 0. The third-order valence-corrected chi connectivity index (χ3v) is 6.19. The maximum absolute atomic E-state index is 12.9. The number of ether oxygens (including phenoxy) is 1. The van der Waals surface area contributed by atoms with Crippen molar-refractivity contribution in [3.63, 3.8) is 0 Å². The van der Waals surface area contributed by atoms with Crippen molar-refractivity contribution >= 4 is 28.8 Å². The minimum absolute atomic E-state index is 0.0185. The van der Waals surface area contributed by atoms with Gasteiger partial charge < -0.3 is 14.5 Å². The van der Waals surface area contributed by atoms with Crippen LogP contribution in [0, 0.1) is 5.92 Å². The Morgan fingerprint density at radius 2 is 1.64 bits per heavy atom. The molecule has 180 valence electrons. The van der Waals surface area contributed by atoms with Gasteiger partial charge in [-0.25, -0.2) is 4.79 Å². The van der Waals surface area contributed by atoms with Gasteiger partial charge in [0.15, 0.2) is 0 Å². The number of likely N-dealkylation sites (N-methyl/N-ethyl adjacent to an activating group) is 1. The molecule has 9 heteroatoms. The van der Waals surface area contributed by atoms with Gasteiger partial charge in [0.05, 0.1) is 30.1 Å². The van der Waals surface area contributed by atoms with Crippen LogP contribution in [0.5, 0.6) is 0 Å². The number of imidazole rings is 1. The Labute approximate surface area is 193 Å². The number of likely N-dealkylation sites (tertiary alicyclic amines) is 1. The van der Waals surface area contributed by atoms with Crippen molar-refractivity contribution in [1.82, 2.24) is 18.9 Å². The van der Waals surface area contributed by atoms with Crippen LogP contribution in [0.15, 0.2) is 29.1 Å². The fraction of sp³-hybridized carbons (Fsp3) is 0.583. The van der Waals surface area contributed by atoms with E-state index in [4.69, 9.17) is 4.74 Å². The van der Waals surface area contributed by atoms with Gasteiger partial charge in [-0.05, 0) is 38.3 Å². The predicted molar refractivity (Wildman–Crippen MR) is 125 cm³/mol. The number of carbonyl (C=O) groups is 3. The van der Waals surface area contributed by atoms with E-state index in [1.54, 1.807) is 28.0 Å². The van der Waals surface area contributed by atoms with E-state index in [9.17, 15) is 19.2 Å². The maximum atomic E-state index is 12.9. The average molecular weight is 459 g/mol. The number of aryl methyl sites for hydroxylation is 2. The number of amides is 2. The van der Waals surface area contributed by atoms with E-state index in [0.29, 0.717) is 39.1 Å². The number of esters is 1. The molecule has 0 aliphatic carbocycles. The molecule has 0 radical (unpaired) electrons. The monoisotopic (exact) mass is 458 g/mol. The summed E-state index contributed by atoms with van der Waals surface area (Å²) in [7, 11) is 1.61. The van der Waals surface area contributed by atoms with E-state index in [1.165, 1.54) is 4.90 Å². The van der Waals surface area contributed by atoms with Gasteiger partial charge in [-0.15, -0.1) is 0 Å². The van der Waals surface area contributed by atoms with E-state index in [0.717, 1.165) is 17.5 Å². The van der Waals surface area contributed by atoms with Gasteiger partial charge in [-0.2, -0.15) is 0 Å². The Bertz CT molecular complexity index is 1050. The third kappa shape index (κ3) is 5.64. The fourth-order valence-corrected chi connectivity index (χ4v) is 4.34. The molecule has 1 saturated heterocycles. The van der Waals surface area contributed by atoms with Crippen LogP contribution in [0.25, 0.3) is 11.0 Å². The number of piperidine rings is 1. The van der Waals surface area contributed by atoms with Crippen LogP contribution in [-0.4, -0.2) is 70.0 Å². The summed E-state index contributed by atoms with van der Waals surface area (Å²) in [6, 6.07) is 7.59. The van der Waals surface area contributed by atoms with Crippen molar-refractivity contribution in [2.75, 3.05) is 33.3 Å². The van der Waals surface area contributed by atoms with Crippen LogP contribution in [0.4, 0.5) is 0 Å². The molecule has 2 heterocycles. The van der Waals surface area contributed by atoms with Crippen molar-refractivity contribution in [3.05, 3.63) is 34.7 Å². The molecule has 0 spiro atoms. The first-order chi connectivity index (χ1) is 15.9. The Kier molecular flexibility index (Phi) is 8.30. The number of hydrogen-bond acceptors (Lipinski definition) is 5. The minimum Gasteiger partial charge on any atom is -0.466 e. The van der Waals surface area contributed by atoms with Crippen LogP contribution in [-0.2, 0) is 32.2 Å². The van der Waals surface area contributed by atoms with Crippen LogP contribution in [0.1, 0.15) is 39.5 Å². The zero-order valence-electron chi connectivity index (χ0n) is 19.8. The van der Waals surface area contributed by atoms with Crippen molar-refractivity contribution in [3.8, 4) is 0 Å². The first kappa shape index (κ1) is 24.5. The van der Waals surface area contributed by atoms with Gasteiger partial charge in [-0.1, -0.05) is 19.1 Å². The molecule has 3 rings (SSSR count). The molecule has 2 amide bonds. The number of carbonyl (C=O) groups excluding carboxylic acids is 3. The van der Waals surface area contributed by atoms with E-state index < -0.39 is 0 Å². The maximum Gasteiger partial charge on any atom is 0.329 e. The van der Waals surface area contributed by atoms with E-state index in [-0.39, 0.29) is 48.9 Å². The summed E-state index contributed by atoms with van der Waals surface area (Å²) in [5.41, 5.74) is 1.56. The van der Waals surface area contributed by atoms with Crippen molar-refractivity contribution < 1.29 is 19.1 Å². The summed E-state index contributed by atoms with van der Waals surface area (Å²) in [5.74, 6) is -0.692. The first-order valence-corrected chi connectivity index (χ1v) is 11.7. The van der Waals surface area contributed by atoms with Gasteiger partial charge in [0.1, 0.15) is 0 Å². The second-order valence-electron chi connectivity index (χ2n) is 8.48. The van der Waals surface area contributed by atoms with Crippen LogP contribution in [0.2, 0.25) is 0 Å². The lowest BCUT2D eigenvalue weighted by Gasteiger charge is -2.32. The van der Waals surface area contributed by atoms with E-state index in [2.05, 4.69) is 0 Å². The zero-order chi connectivity index (χ0) is 24.0. The topological polar surface area (TPSA) is 93.9 Å². The Hall–Kier alpha value is -3.10. The molecular formula is C24H34N4O5. The molecule has 0 bridgehead atoms. The van der Waals surface area contributed by atoms with Gasteiger partial charge in [0, 0.05) is 39.6 Å².